The second-order valence-corrected chi connectivity index (χ2v) is 7.98. The van der Waals surface area contributed by atoms with Gasteiger partial charge in [0.05, 0.1) is 12.7 Å². The van der Waals surface area contributed by atoms with Crippen molar-refractivity contribution < 1.29 is 28.4 Å². The normalized spacial score (nSPS) is 37.2. The number of nitrogens with zero attached hydrogens (tertiary/aromatic N) is 1. The number of benzene rings is 1. The first-order valence-corrected chi connectivity index (χ1v) is 9.20. The topological polar surface area (TPSA) is 79.2 Å². The Balaban J connectivity index is 1.54. The van der Waals surface area contributed by atoms with Crippen LogP contribution in [0.25, 0.3) is 0 Å². The van der Waals surface area contributed by atoms with Gasteiger partial charge >= 0.3 is 0 Å². The second-order valence-electron chi connectivity index (χ2n) is 7.98. The van der Waals surface area contributed by atoms with E-state index in [9.17, 15) is 5.26 Å². The molecule has 0 bridgehead atoms. The summed E-state index contributed by atoms with van der Waals surface area (Å²) in [6.07, 6.45) is -3.43. The molecule has 7 nitrogen and oxygen atoms in total. The highest BCUT2D eigenvalue weighted by atomic mass is 16.9. The van der Waals surface area contributed by atoms with Crippen molar-refractivity contribution in [2.24, 2.45) is 0 Å². The molecule has 3 heterocycles. The lowest BCUT2D eigenvalue weighted by Crippen LogP contribution is -2.58. The van der Waals surface area contributed by atoms with Crippen LogP contribution < -0.4 is 0 Å². The van der Waals surface area contributed by atoms with Gasteiger partial charge in [-0.3, -0.25) is 0 Å². The summed E-state index contributed by atoms with van der Waals surface area (Å²) < 4.78 is 36.0. The Labute approximate surface area is 159 Å². The van der Waals surface area contributed by atoms with E-state index in [1.54, 1.807) is 0 Å². The van der Waals surface area contributed by atoms with Crippen molar-refractivity contribution in [3.8, 4) is 6.07 Å². The minimum atomic E-state index is -0.830. The van der Waals surface area contributed by atoms with E-state index < -0.39 is 48.4 Å². The quantitative estimate of drug-likeness (QED) is 0.800. The first-order chi connectivity index (χ1) is 12.8. The van der Waals surface area contributed by atoms with Crippen LogP contribution in [0.2, 0.25) is 0 Å². The second kappa shape index (κ2) is 6.82. The molecule has 7 heteroatoms. The molecule has 0 spiro atoms. The molecule has 3 aliphatic heterocycles. The van der Waals surface area contributed by atoms with Gasteiger partial charge in [-0.2, -0.15) is 5.26 Å². The highest BCUT2D eigenvalue weighted by molar-refractivity contribution is 5.14. The molecule has 6 atom stereocenters. The zero-order valence-electron chi connectivity index (χ0n) is 16.0. The minimum Gasteiger partial charge on any atom is -0.356 e. The molecule has 3 aliphatic rings. The van der Waals surface area contributed by atoms with Crippen molar-refractivity contribution >= 4 is 0 Å². The monoisotopic (exact) mass is 375 g/mol. The van der Waals surface area contributed by atoms with E-state index in [1.807, 2.05) is 58.0 Å². The van der Waals surface area contributed by atoms with Crippen LogP contribution >= 0.6 is 0 Å². The van der Waals surface area contributed by atoms with Crippen molar-refractivity contribution in [2.75, 3.05) is 0 Å². The third-order valence-electron chi connectivity index (χ3n) is 4.89. The number of ether oxygens (including phenoxy) is 6. The molecule has 1 aromatic rings. The van der Waals surface area contributed by atoms with Crippen LogP contribution in [0.1, 0.15) is 33.3 Å². The Hall–Kier alpha value is -1.53. The van der Waals surface area contributed by atoms with Gasteiger partial charge in [0, 0.05) is 0 Å². The van der Waals surface area contributed by atoms with Crippen LogP contribution in [0.3, 0.4) is 0 Å². The number of rotatable bonds is 4. The Morgan fingerprint density at radius 3 is 2.30 bits per heavy atom. The summed E-state index contributed by atoms with van der Waals surface area (Å²) in [6.45, 7) is 7.63. The lowest BCUT2D eigenvalue weighted by molar-refractivity contribution is -0.252. The molecule has 0 amide bonds. The molecule has 3 fully saturated rings. The minimum absolute atomic E-state index is 0.303. The summed E-state index contributed by atoms with van der Waals surface area (Å²) in [6, 6.07) is 11.9. The summed E-state index contributed by atoms with van der Waals surface area (Å²) in [5.74, 6) is -1.60. The maximum Gasteiger partial charge on any atom is 0.190 e. The van der Waals surface area contributed by atoms with Crippen molar-refractivity contribution in [2.45, 2.75) is 82.7 Å². The van der Waals surface area contributed by atoms with E-state index in [1.165, 1.54) is 0 Å². The predicted molar refractivity (Wildman–Crippen MR) is 93.2 cm³/mol. The summed E-state index contributed by atoms with van der Waals surface area (Å²) in [5, 5.41) is 9.73. The molecule has 3 saturated heterocycles. The van der Waals surface area contributed by atoms with Crippen molar-refractivity contribution in [3.63, 3.8) is 0 Å². The first kappa shape index (κ1) is 18.8. The van der Waals surface area contributed by atoms with Crippen LogP contribution in [0.5, 0.6) is 0 Å². The molecule has 146 valence electrons. The van der Waals surface area contributed by atoms with E-state index in [4.69, 9.17) is 28.4 Å². The van der Waals surface area contributed by atoms with Crippen LogP contribution in [0.4, 0.5) is 0 Å². The molecule has 0 aliphatic carbocycles. The third-order valence-corrected chi connectivity index (χ3v) is 4.89. The van der Waals surface area contributed by atoms with Crippen LogP contribution in [-0.2, 0) is 35.0 Å². The summed E-state index contributed by atoms with van der Waals surface area (Å²) in [5.41, 5.74) is 0.980. The van der Waals surface area contributed by atoms with Gasteiger partial charge in [0.1, 0.15) is 24.4 Å². The Morgan fingerprint density at radius 1 is 0.963 bits per heavy atom. The lowest BCUT2D eigenvalue weighted by atomic mass is 9.96. The Kier molecular flexibility index (Phi) is 4.75. The molecule has 4 rings (SSSR count). The molecule has 0 radical (unpaired) electrons. The van der Waals surface area contributed by atoms with Gasteiger partial charge in [-0.1, -0.05) is 30.3 Å². The summed E-state index contributed by atoms with van der Waals surface area (Å²) in [4.78, 5) is 0. The van der Waals surface area contributed by atoms with E-state index >= 15 is 0 Å². The van der Waals surface area contributed by atoms with Gasteiger partial charge in [0.2, 0.25) is 0 Å². The van der Waals surface area contributed by atoms with Crippen molar-refractivity contribution in [3.05, 3.63) is 35.9 Å². The summed E-state index contributed by atoms with van der Waals surface area (Å²) in [7, 11) is 0. The molecular formula is C20H25NO6. The van der Waals surface area contributed by atoms with Crippen LogP contribution in [-0.4, -0.2) is 48.4 Å². The van der Waals surface area contributed by atoms with E-state index in [2.05, 4.69) is 6.07 Å². The maximum absolute atomic E-state index is 9.73. The van der Waals surface area contributed by atoms with Gasteiger partial charge in [-0.15, -0.1) is 0 Å². The molecule has 27 heavy (non-hydrogen) atoms. The fraction of sp³-hybridized carbons (Fsp3) is 0.650. The fourth-order valence-electron chi connectivity index (χ4n) is 3.85. The number of nitriles is 1. The largest absolute Gasteiger partial charge is 0.356 e. The molecule has 0 unspecified atom stereocenters. The molecular weight excluding hydrogens is 350 g/mol. The number of hydrogen-bond donors (Lipinski definition) is 0. The highest BCUT2D eigenvalue weighted by Gasteiger charge is 2.62. The smallest absolute Gasteiger partial charge is 0.190 e. The van der Waals surface area contributed by atoms with Gasteiger partial charge in [-0.05, 0) is 33.3 Å². The zero-order valence-corrected chi connectivity index (χ0v) is 16.0. The first-order valence-electron chi connectivity index (χ1n) is 9.20. The average Bonchev–Trinajstić information content (AvgIpc) is 3.10. The highest BCUT2D eigenvalue weighted by Crippen LogP contribution is 2.45. The van der Waals surface area contributed by atoms with E-state index in [0.29, 0.717) is 6.61 Å². The molecule has 0 saturated carbocycles. The molecule has 0 aromatic heterocycles. The van der Waals surface area contributed by atoms with Crippen LogP contribution in [0, 0.1) is 11.3 Å². The maximum atomic E-state index is 9.73. The fourth-order valence-corrected chi connectivity index (χ4v) is 3.85. The summed E-state index contributed by atoms with van der Waals surface area (Å²) >= 11 is 0. The van der Waals surface area contributed by atoms with E-state index in [-0.39, 0.29) is 0 Å². The lowest BCUT2D eigenvalue weighted by Gasteiger charge is -2.38. The van der Waals surface area contributed by atoms with Gasteiger partial charge in [-0.25, -0.2) is 0 Å². The SMILES string of the molecule is CC1(C)O[C@@H]2[C@H](O1)[C@H]1OC(C)(C)O[C@H]1O[C@@H]2[C@@H](C#N)OCc1ccccc1. The molecule has 1 aromatic carbocycles. The third kappa shape index (κ3) is 3.74. The number of hydrogen-bond acceptors (Lipinski definition) is 7. The van der Waals surface area contributed by atoms with Crippen molar-refractivity contribution in [1.29, 1.82) is 5.26 Å². The average molecular weight is 375 g/mol. The van der Waals surface area contributed by atoms with Crippen LogP contribution in [0.15, 0.2) is 30.3 Å². The Bertz CT molecular complexity index is 715. The van der Waals surface area contributed by atoms with E-state index in [0.717, 1.165) is 5.56 Å². The Morgan fingerprint density at radius 2 is 1.59 bits per heavy atom. The number of fused-ring (bicyclic) bond motifs is 3. The van der Waals surface area contributed by atoms with Gasteiger partial charge in [0.25, 0.3) is 0 Å². The standard InChI is InChI=1S/C20H25NO6/c1-19(2)24-15-14(13(10-21)22-11-12-8-6-5-7-9-12)23-18-17(16(15)25-19)26-20(3,4)27-18/h5-9,13-18H,11H2,1-4H3/t13-,14-,15+,16+,17-,18-/m1/s1. The molecule has 0 N–H and O–H groups in total. The zero-order chi connectivity index (χ0) is 19.2. The van der Waals surface area contributed by atoms with Gasteiger partial charge < -0.3 is 28.4 Å². The van der Waals surface area contributed by atoms with Gasteiger partial charge in [0.15, 0.2) is 24.0 Å². The van der Waals surface area contributed by atoms with Crippen molar-refractivity contribution in [1.82, 2.24) is 0 Å². The predicted octanol–water partition coefficient (Wildman–Crippen LogP) is 2.49.